The second-order valence-electron chi connectivity index (χ2n) is 7.30. The van der Waals surface area contributed by atoms with Gasteiger partial charge in [-0.1, -0.05) is 47.1 Å². The molecular weight excluding hydrogens is 380 g/mol. The molecular formula is C23H22N4O3. The number of hydrogen-bond donors (Lipinski definition) is 0. The lowest BCUT2D eigenvalue weighted by Crippen LogP contribution is -2.21. The zero-order valence-corrected chi connectivity index (χ0v) is 16.9. The summed E-state index contributed by atoms with van der Waals surface area (Å²) in [5.74, 6) is 1.67. The highest BCUT2D eigenvalue weighted by Crippen LogP contribution is 2.30. The van der Waals surface area contributed by atoms with E-state index < -0.39 is 0 Å². The van der Waals surface area contributed by atoms with Gasteiger partial charge in [-0.2, -0.15) is 10.1 Å². The minimum atomic E-state index is -0.0228. The minimum absolute atomic E-state index is 0.0228. The number of hydrogen-bond acceptors (Lipinski definition) is 6. The highest BCUT2D eigenvalue weighted by Gasteiger charge is 2.24. The van der Waals surface area contributed by atoms with Crippen molar-refractivity contribution in [2.75, 3.05) is 6.61 Å². The molecule has 5 rings (SSSR count). The van der Waals surface area contributed by atoms with E-state index in [2.05, 4.69) is 46.4 Å². The first-order valence-corrected chi connectivity index (χ1v) is 10.0. The summed E-state index contributed by atoms with van der Waals surface area (Å²) in [5.41, 5.74) is 4.86. The minimum Gasteiger partial charge on any atom is -0.494 e. The lowest BCUT2D eigenvalue weighted by molar-refractivity contribution is -0.00113. The van der Waals surface area contributed by atoms with Crippen molar-refractivity contribution < 1.29 is 14.0 Å². The third-order valence-corrected chi connectivity index (χ3v) is 5.13. The van der Waals surface area contributed by atoms with Gasteiger partial charge in [-0.15, -0.1) is 0 Å². The number of nitrogens with zero attached hydrogens (tertiary/aromatic N) is 4. The maximum atomic E-state index is 6.05. The molecule has 0 spiro atoms. The van der Waals surface area contributed by atoms with Gasteiger partial charge in [-0.25, -0.2) is 0 Å². The Kier molecular flexibility index (Phi) is 4.80. The number of fused-ring (bicyclic) bond motifs is 1. The Labute approximate surface area is 174 Å². The average Bonchev–Trinajstić information content (AvgIpc) is 3.41. The van der Waals surface area contributed by atoms with Gasteiger partial charge in [0.15, 0.2) is 5.69 Å². The molecule has 0 bridgehead atoms. The first-order valence-electron chi connectivity index (χ1n) is 10.0. The van der Waals surface area contributed by atoms with Gasteiger partial charge in [0.05, 0.1) is 25.5 Å². The molecule has 0 fully saturated rings. The molecule has 0 N–H and O–H groups in total. The zero-order valence-electron chi connectivity index (χ0n) is 16.9. The van der Waals surface area contributed by atoms with E-state index in [1.54, 1.807) is 0 Å². The van der Waals surface area contributed by atoms with Crippen LogP contribution < -0.4 is 4.74 Å². The fourth-order valence-corrected chi connectivity index (χ4v) is 3.55. The molecule has 1 atom stereocenters. The summed E-state index contributed by atoms with van der Waals surface area (Å²) in [6.07, 6.45) is -0.0228. The highest BCUT2D eigenvalue weighted by atomic mass is 16.5. The van der Waals surface area contributed by atoms with E-state index in [9.17, 15) is 0 Å². The SMILES string of the molecule is CCOc1cccc(-c2noc(-c3cc4n(n3)C[C@H](c3ccc(C)cc3)OC4)n2)c1. The molecule has 0 unspecified atom stereocenters. The summed E-state index contributed by atoms with van der Waals surface area (Å²) in [6.45, 7) is 5.77. The van der Waals surface area contributed by atoms with Gasteiger partial charge in [0.25, 0.3) is 5.89 Å². The molecule has 0 saturated heterocycles. The quantitative estimate of drug-likeness (QED) is 0.486. The first-order chi connectivity index (χ1) is 14.7. The molecule has 3 heterocycles. The zero-order chi connectivity index (χ0) is 20.5. The Morgan fingerprint density at radius 1 is 1.13 bits per heavy atom. The van der Waals surface area contributed by atoms with E-state index in [-0.39, 0.29) is 6.10 Å². The van der Waals surface area contributed by atoms with Crippen LogP contribution in [0, 0.1) is 6.92 Å². The maximum Gasteiger partial charge on any atom is 0.278 e. The Balaban J connectivity index is 1.37. The molecule has 152 valence electrons. The second-order valence-corrected chi connectivity index (χ2v) is 7.30. The lowest BCUT2D eigenvalue weighted by Gasteiger charge is -2.24. The molecule has 0 amide bonds. The monoisotopic (exact) mass is 402 g/mol. The van der Waals surface area contributed by atoms with Crippen molar-refractivity contribution in [3.8, 4) is 28.7 Å². The molecule has 2 aromatic carbocycles. The molecule has 7 heteroatoms. The van der Waals surface area contributed by atoms with Crippen LogP contribution in [0.1, 0.15) is 29.8 Å². The van der Waals surface area contributed by atoms with Crippen molar-refractivity contribution in [3.63, 3.8) is 0 Å². The van der Waals surface area contributed by atoms with Gasteiger partial charge in [-0.3, -0.25) is 4.68 Å². The van der Waals surface area contributed by atoms with Crippen LogP contribution in [0.15, 0.2) is 59.1 Å². The number of ether oxygens (including phenoxy) is 2. The molecule has 1 aliphatic rings. The van der Waals surface area contributed by atoms with E-state index >= 15 is 0 Å². The summed E-state index contributed by atoms with van der Waals surface area (Å²) < 4.78 is 19.1. The van der Waals surface area contributed by atoms with Crippen LogP contribution in [-0.4, -0.2) is 26.5 Å². The molecule has 0 saturated carbocycles. The van der Waals surface area contributed by atoms with Crippen LogP contribution in [0.3, 0.4) is 0 Å². The third-order valence-electron chi connectivity index (χ3n) is 5.13. The van der Waals surface area contributed by atoms with Crippen molar-refractivity contribution in [2.24, 2.45) is 0 Å². The number of aryl methyl sites for hydroxylation is 1. The standard InChI is InChI=1S/C23H22N4O3/c1-3-28-19-6-4-5-17(11-19)22-24-23(30-26-22)20-12-18-14-29-21(13-27(18)25-20)16-9-7-15(2)8-10-16/h4-12,21H,3,13-14H2,1-2H3/t21-/m1/s1. The van der Waals surface area contributed by atoms with Crippen molar-refractivity contribution >= 4 is 0 Å². The van der Waals surface area contributed by atoms with Crippen molar-refractivity contribution in [1.29, 1.82) is 0 Å². The van der Waals surface area contributed by atoms with Gasteiger partial charge < -0.3 is 14.0 Å². The fourth-order valence-electron chi connectivity index (χ4n) is 3.55. The van der Waals surface area contributed by atoms with Crippen molar-refractivity contribution in [3.05, 3.63) is 71.4 Å². The van der Waals surface area contributed by atoms with Gasteiger partial charge in [0.1, 0.15) is 11.9 Å². The Morgan fingerprint density at radius 3 is 2.83 bits per heavy atom. The molecule has 2 aromatic heterocycles. The Hall–Kier alpha value is -3.45. The average molecular weight is 402 g/mol. The van der Waals surface area contributed by atoms with Gasteiger partial charge in [-0.05, 0) is 37.6 Å². The van der Waals surface area contributed by atoms with E-state index in [1.807, 2.05) is 41.9 Å². The summed E-state index contributed by atoms with van der Waals surface area (Å²) in [6, 6.07) is 18.0. The molecule has 1 aliphatic heterocycles. The van der Waals surface area contributed by atoms with E-state index in [0.717, 1.165) is 22.6 Å². The van der Waals surface area contributed by atoms with Crippen LogP contribution in [0.2, 0.25) is 0 Å². The largest absolute Gasteiger partial charge is 0.494 e. The summed E-state index contributed by atoms with van der Waals surface area (Å²) in [4.78, 5) is 4.53. The summed E-state index contributed by atoms with van der Waals surface area (Å²) in [7, 11) is 0. The predicted octanol–water partition coefficient (Wildman–Crippen LogP) is 4.58. The predicted molar refractivity (Wildman–Crippen MR) is 111 cm³/mol. The van der Waals surface area contributed by atoms with Crippen LogP contribution >= 0.6 is 0 Å². The smallest absolute Gasteiger partial charge is 0.278 e. The molecule has 0 aliphatic carbocycles. The Morgan fingerprint density at radius 2 is 2.00 bits per heavy atom. The number of rotatable bonds is 5. The highest BCUT2D eigenvalue weighted by molar-refractivity contribution is 5.59. The van der Waals surface area contributed by atoms with Crippen LogP contribution in [-0.2, 0) is 17.9 Å². The molecule has 30 heavy (non-hydrogen) atoms. The van der Waals surface area contributed by atoms with Crippen molar-refractivity contribution in [2.45, 2.75) is 33.1 Å². The van der Waals surface area contributed by atoms with Crippen LogP contribution in [0.5, 0.6) is 5.75 Å². The molecule has 0 radical (unpaired) electrons. The van der Waals surface area contributed by atoms with Crippen molar-refractivity contribution in [1.82, 2.24) is 19.9 Å². The second kappa shape index (κ2) is 7.76. The molecule has 4 aromatic rings. The number of benzene rings is 2. The van der Waals surface area contributed by atoms with Gasteiger partial charge >= 0.3 is 0 Å². The Bertz CT molecular complexity index is 1160. The third kappa shape index (κ3) is 3.59. The normalized spacial score (nSPS) is 15.7. The number of aromatic nitrogens is 4. The van der Waals surface area contributed by atoms with Gasteiger partial charge in [0, 0.05) is 5.56 Å². The first kappa shape index (κ1) is 18.6. The summed E-state index contributed by atoms with van der Waals surface area (Å²) >= 11 is 0. The van der Waals surface area contributed by atoms with Gasteiger partial charge in [0.2, 0.25) is 5.82 Å². The van der Waals surface area contributed by atoms with E-state index in [0.29, 0.717) is 37.2 Å². The van der Waals surface area contributed by atoms with E-state index in [1.165, 1.54) is 5.56 Å². The molecule has 7 nitrogen and oxygen atoms in total. The van der Waals surface area contributed by atoms with Crippen LogP contribution in [0.4, 0.5) is 0 Å². The topological polar surface area (TPSA) is 75.2 Å². The lowest BCUT2D eigenvalue weighted by atomic mass is 10.1. The van der Waals surface area contributed by atoms with Crippen LogP contribution in [0.25, 0.3) is 23.0 Å². The fraction of sp³-hybridized carbons (Fsp3) is 0.261. The maximum absolute atomic E-state index is 6.05. The summed E-state index contributed by atoms with van der Waals surface area (Å²) in [5, 5.41) is 8.80. The van der Waals surface area contributed by atoms with E-state index in [4.69, 9.17) is 14.0 Å².